The monoisotopic (exact) mass is 348 g/mol. The topological polar surface area (TPSA) is 68.3 Å². The van der Waals surface area contributed by atoms with Crippen LogP contribution in [-0.4, -0.2) is 30.0 Å². The molecule has 0 aliphatic carbocycles. The van der Waals surface area contributed by atoms with Crippen LogP contribution in [0.2, 0.25) is 0 Å². The molecule has 0 saturated heterocycles. The Bertz CT molecular complexity index is 684. The van der Waals surface area contributed by atoms with Gasteiger partial charge in [0.15, 0.2) is 6.61 Å². The van der Waals surface area contributed by atoms with Crippen molar-refractivity contribution in [3.8, 4) is 0 Å². The summed E-state index contributed by atoms with van der Waals surface area (Å²) in [4.78, 5) is 28.0. The van der Waals surface area contributed by atoms with Gasteiger partial charge in [0, 0.05) is 6.54 Å². The number of amides is 1. The highest BCUT2D eigenvalue weighted by molar-refractivity contribution is 7.16. The fraction of sp³-hybridized carbons (Fsp3) is 0.500. The van der Waals surface area contributed by atoms with Crippen LogP contribution in [0.4, 0.5) is 0 Å². The zero-order chi connectivity index (χ0) is 17.4. The predicted octanol–water partition coefficient (Wildman–Crippen LogP) is 3.79. The summed E-state index contributed by atoms with van der Waals surface area (Å²) in [6, 6.07) is 5.19. The summed E-state index contributed by atoms with van der Waals surface area (Å²) >= 11 is 1.47. The number of ether oxygens (including phenoxy) is 1. The molecule has 0 aliphatic rings. The van der Waals surface area contributed by atoms with E-state index in [1.165, 1.54) is 17.8 Å². The van der Waals surface area contributed by atoms with Gasteiger partial charge in [-0.1, -0.05) is 33.1 Å². The van der Waals surface area contributed by atoms with Gasteiger partial charge in [0.2, 0.25) is 0 Å². The number of esters is 1. The van der Waals surface area contributed by atoms with E-state index in [2.05, 4.69) is 24.1 Å². The van der Waals surface area contributed by atoms with Crippen LogP contribution in [-0.2, 0) is 9.53 Å². The van der Waals surface area contributed by atoms with E-state index in [1.807, 2.05) is 0 Å². The summed E-state index contributed by atoms with van der Waals surface area (Å²) in [6.45, 7) is 4.68. The molecule has 0 unspecified atom stereocenters. The Balaban J connectivity index is 1.77. The highest BCUT2D eigenvalue weighted by Crippen LogP contribution is 2.19. The van der Waals surface area contributed by atoms with E-state index in [-0.39, 0.29) is 12.5 Å². The Morgan fingerprint density at radius 2 is 2.17 bits per heavy atom. The summed E-state index contributed by atoms with van der Waals surface area (Å²) in [5.74, 6) is -0.256. The molecular formula is C18H24N2O3S. The molecule has 24 heavy (non-hydrogen) atoms. The molecule has 0 bridgehead atoms. The molecule has 130 valence electrons. The second-order valence-electron chi connectivity index (χ2n) is 5.83. The van der Waals surface area contributed by atoms with Gasteiger partial charge in [-0.15, -0.1) is 11.3 Å². The maximum atomic E-state index is 12.0. The number of nitrogens with one attached hydrogen (secondary N) is 1. The van der Waals surface area contributed by atoms with Crippen molar-refractivity contribution in [2.75, 3.05) is 13.2 Å². The normalized spacial score (nSPS) is 12.1. The first-order valence-corrected chi connectivity index (χ1v) is 9.29. The molecule has 0 spiro atoms. The van der Waals surface area contributed by atoms with Crippen molar-refractivity contribution in [2.45, 2.75) is 39.5 Å². The fourth-order valence-corrected chi connectivity index (χ4v) is 3.17. The Morgan fingerprint density at radius 1 is 1.33 bits per heavy atom. The van der Waals surface area contributed by atoms with Gasteiger partial charge in [-0.05, 0) is 30.5 Å². The summed E-state index contributed by atoms with van der Waals surface area (Å²) in [7, 11) is 0. The van der Waals surface area contributed by atoms with Crippen LogP contribution in [0, 0.1) is 5.92 Å². The Hall–Kier alpha value is -1.95. The number of carbonyl (C=O) groups excluding carboxylic acids is 2. The smallest absolute Gasteiger partial charge is 0.338 e. The number of thiazole rings is 1. The third-order valence-electron chi connectivity index (χ3n) is 4.03. The highest BCUT2D eigenvalue weighted by atomic mass is 32.1. The summed E-state index contributed by atoms with van der Waals surface area (Å²) in [6.07, 6.45) is 4.48. The molecule has 1 aromatic heterocycles. The van der Waals surface area contributed by atoms with Gasteiger partial charge in [-0.25, -0.2) is 9.78 Å². The first-order valence-electron chi connectivity index (χ1n) is 8.41. The lowest BCUT2D eigenvalue weighted by Crippen LogP contribution is -2.32. The Kier molecular flexibility index (Phi) is 7.18. The lowest BCUT2D eigenvalue weighted by molar-refractivity contribution is -0.124. The minimum atomic E-state index is -0.488. The second-order valence-corrected chi connectivity index (χ2v) is 6.72. The lowest BCUT2D eigenvalue weighted by atomic mass is 9.99. The van der Waals surface area contributed by atoms with Crippen molar-refractivity contribution < 1.29 is 14.3 Å². The summed E-state index contributed by atoms with van der Waals surface area (Å²) in [5.41, 5.74) is 3.02. The molecule has 5 nitrogen and oxygen atoms in total. The van der Waals surface area contributed by atoms with E-state index in [9.17, 15) is 9.59 Å². The standard InChI is InChI=1S/C18H24N2O3S/c1-3-5-6-13(4-2)10-19-17(21)11-23-18(22)14-7-8-15-16(9-14)24-12-20-15/h7-9,12-13H,3-6,10-11H2,1-2H3,(H,19,21)/t13-/m1/s1. The summed E-state index contributed by atoms with van der Waals surface area (Å²) in [5, 5.41) is 2.85. The molecule has 1 amide bonds. The second kappa shape index (κ2) is 9.37. The van der Waals surface area contributed by atoms with Gasteiger partial charge in [0.25, 0.3) is 5.91 Å². The minimum absolute atomic E-state index is 0.246. The van der Waals surface area contributed by atoms with Gasteiger partial charge in [0.05, 0.1) is 21.3 Å². The average molecular weight is 348 g/mol. The van der Waals surface area contributed by atoms with E-state index >= 15 is 0 Å². The predicted molar refractivity (Wildman–Crippen MR) is 96.2 cm³/mol. The van der Waals surface area contributed by atoms with Gasteiger partial charge in [-0.2, -0.15) is 0 Å². The molecule has 1 aromatic carbocycles. The molecule has 0 fully saturated rings. The Labute approximate surface area is 146 Å². The molecule has 0 saturated carbocycles. The van der Waals surface area contributed by atoms with E-state index in [4.69, 9.17) is 4.74 Å². The molecule has 0 aliphatic heterocycles. The van der Waals surface area contributed by atoms with Crippen molar-refractivity contribution >= 4 is 33.4 Å². The van der Waals surface area contributed by atoms with Gasteiger partial charge in [0.1, 0.15) is 0 Å². The van der Waals surface area contributed by atoms with Crippen molar-refractivity contribution in [1.29, 1.82) is 0 Å². The van der Waals surface area contributed by atoms with Crippen LogP contribution < -0.4 is 5.32 Å². The Morgan fingerprint density at radius 3 is 2.92 bits per heavy atom. The van der Waals surface area contributed by atoms with Crippen molar-refractivity contribution in [1.82, 2.24) is 10.3 Å². The molecule has 0 radical (unpaired) electrons. The zero-order valence-corrected chi connectivity index (χ0v) is 15.0. The number of unbranched alkanes of at least 4 members (excludes halogenated alkanes) is 1. The van der Waals surface area contributed by atoms with Crippen molar-refractivity contribution in [3.05, 3.63) is 29.3 Å². The molecule has 1 N–H and O–H groups in total. The number of rotatable bonds is 9. The van der Waals surface area contributed by atoms with Crippen molar-refractivity contribution in [3.63, 3.8) is 0 Å². The van der Waals surface area contributed by atoms with Crippen LogP contribution in [0.3, 0.4) is 0 Å². The number of benzene rings is 1. The van der Waals surface area contributed by atoms with Gasteiger partial charge in [-0.3, -0.25) is 4.79 Å². The third kappa shape index (κ3) is 5.30. The van der Waals surface area contributed by atoms with E-state index in [1.54, 1.807) is 23.7 Å². The minimum Gasteiger partial charge on any atom is -0.452 e. The maximum Gasteiger partial charge on any atom is 0.338 e. The van der Waals surface area contributed by atoms with Crippen LogP contribution in [0.1, 0.15) is 49.9 Å². The largest absolute Gasteiger partial charge is 0.452 e. The van der Waals surface area contributed by atoms with E-state index < -0.39 is 5.97 Å². The lowest BCUT2D eigenvalue weighted by Gasteiger charge is -2.15. The van der Waals surface area contributed by atoms with E-state index in [0.717, 1.165) is 29.5 Å². The highest BCUT2D eigenvalue weighted by Gasteiger charge is 2.13. The van der Waals surface area contributed by atoms with Crippen LogP contribution >= 0.6 is 11.3 Å². The van der Waals surface area contributed by atoms with Crippen LogP contribution in [0.25, 0.3) is 10.2 Å². The number of aromatic nitrogens is 1. The van der Waals surface area contributed by atoms with E-state index in [0.29, 0.717) is 18.0 Å². The molecule has 2 aromatic rings. The first kappa shape index (κ1) is 18.4. The molecule has 1 heterocycles. The van der Waals surface area contributed by atoms with Crippen LogP contribution in [0.5, 0.6) is 0 Å². The molecule has 6 heteroatoms. The maximum absolute atomic E-state index is 12.0. The zero-order valence-electron chi connectivity index (χ0n) is 14.2. The third-order valence-corrected chi connectivity index (χ3v) is 4.82. The first-order chi connectivity index (χ1) is 11.6. The quantitative estimate of drug-likeness (QED) is 0.700. The summed E-state index contributed by atoms with van der Waals surface area (Å²) < 4.78 is 6.02. The molecule has 2 rings (SSSR count). The number of hydrogen-bond donors (Lipinski definition) is 1. The molecular weight excluding hydrogens is 324 g/mol. The number of fused-ring (bicyclic) bond motifs is 1. The van der Waals surface area contributed by atoms with Gasteiger partial charge < -0.3 is 10.1 Å². The molecule has 1 atom stereocenters. The van der Waals surface area contributed by atoms with Crippen molar-refractivity contribution in [2.24, 2.45) is 5.92 Å². The average Bonchev–Trinajstić information content (AvgIpc) is 3.07. The van der Waals surface area contributed by atoms with Crippen LogP contribution in [0.15, 0.2) is 23.7 Å². The van der Waals surface area contributed by atoms with Gasteiger partial charge >= 0.3 is 5.97 Å². The number of carbonyl (C=O) groups is 2. The number of nitrogens with zero attached hydrogens (tertiary/aromatic N) is 1. The number of hydrogen-bond acceptors (Lipinski definition) is 5. The fourth-order valence-electron chi connectivity index (χ4n) is 2.45. The SMILES string of the molecule is CCCC[C@@H](CC)CNC(=O)COC(=O)c1ccc2ncsc2c1.